The summed E-state index contributed by atoms with van der Waals surface area (Å²) < 4.78 is 4.97. The van der Waals surface area contributed by atoms with Crippen LogP contribution in [0, 0.1) is 0 Å². The number of rotatable bonds is 6. The van der Waals surface area contributed by atoms with Crippen LogP contribution in [0.5, 0.6) is 0 Å². The van der Waals surface area contributed by atoms with Gasteiger partial charge in [-0.25, -0.2) is 0 Å². The molecule has 0 radical (unpaired) electrons. The Morgan fingerprint density at radius 2 is 0.677 bits per heavy atom. The van der Waals surface area contributed by atoms with Crippen molar-refractivity contribution in [1.29, 1.82) is 0 Å². The first-order chi connectivity index (χ1) is 30.4. The summed E-state index contributed by atoms with van der Waals surface area (Å²) in [6.45, 7) is 4.89. The van der Waals surface area contributed by atoms with E-state index in [2.05, 4.69) is 199 Å². The third kappa shape index (κ3) is 5.07. The molecule has 0 spiro atoms. The summed E-state index contributed by atoms with van der Waals surface area (Å²) >= 11 is 0. The number of hydrogen-bond acceptors (Lipinski definition) is 2. The zero-order valence-electron chi connectivity index (χ0n) is 34.7. The molecule has 0 unspecified atom stereocenters. The van der Waals surface area contributed by atoms with E-state index in [0.29, 0.717) is 0 Å². The van der Waals surface area contributed by atoms with Crippen molar-refractivity contribution in [2.24, 2.45) is 0 Å². The van der Waals surface area contributed by atoms with Crippen LogP contribution >= 0.6 is 0 Å². The molecule has 296 valence electrons. The third-order valence-corrected chi connectivity index (χ3v) is 13.6. The highest BCUT2D eigenvalue weighted by Crippen LogP contribution is 2.59. The summed E-state index contributed by atoms with van der Waals surface area (Å²) in [4.78, 5) is 0. The third-order valence-electron chi connectivity index (χ3n) is 13.6. The molecule has 1 aliphatic carbocycles. The second-order valence-corrected chi connectivity index (χ2v) is 17.3. The van der Waals surface area contributed by atoms with Gasteiger partial charge in [0.05, 0.1) is 33.4 Å². The number of para-hydroxylation sites is 6. The first kappa shape index (κ1) is 36.1. The first-order valence-electron chi connectivity index (χ1n) is 21.5. The van der Waals surface area contributed by atoms with Crippen molar-refractivity contribution in [1.82, 2.24) is 9.13 Å². The molecule has 4 N–H and O–H groups in total. The average Bonchev–Trinajstić information content (AvgIpc) is 3.95. The van der Waals surface area contributed by atoms with E-state index in [4.69, 9.17) is 11.5 Å². The van der Waals surface area contributed by atoms with Gasteiger partial charge in [0.15, 0.2) is 0 Å². The second kappa shape index (κ2) is 13.6. The van der Waals surface area contributed by atoms with E-state index >= 15 is 0 Å². The van der Waals surface area contributed by atoms with Crippen LogP contribution in [-0.4, -0.2) is 9.13 Å². The lowest BCUT2D eigenvalue weighted by atomic mass is 9.64. The molecule has 0 bridgehead atoms. The molecular weight excluding hydrogens is 753 g/mol. The van der Waals surface area contributed by atoms with Crippen LogP contribution in [0.3, 0.4) is 0 Å². The molecule has 0 amide bonds. The van der Waals surface area contributed by atoms with Crippen molar-refractivity contribution < 1.29 is 0 Å². The summed E-state index contributed by atoms with van der Waals surface area (Å²) in [5.74, 6) is -0.0123. The molecule has 4 heteroatoms. The molecule has 0 saturated carbocycles. The van der Waals surface area contributed by atoms with E-state index in [1.807, 2.05) is 24.3 Å². The van der Waals surface area contributed by atoms with Crippen LogP contribution in [-0.2, 0) is 5.41 Å². The van der Waals surface area contributed by atoms with Gasteiger partial charge in [0.2, 0.25) is 0 Å². The Morgan fingerprint density at radius 3 is 1.05 bits per heavy atom. The summed E-state index contributed by atoms with van der Waals surface area (Å²) in [6, 6.07) is 72.4. The standard InChI is InChI=1S/C58H44N4/c1-58(2,56-42-25-5-3-19-36(42)37-20-4-6-26-43(37)56)57-54(44-27-7-13-29-46(44)59)52(61-48-31-15-9-21-38(48)39-22-10-16-32-49(39)61)35-53(55(57)45-28-8-14-30-47(45)60)62-50-33-17-11-23-40(50)41-24-12-18-34-51(41)62/h3-35,56H,59-60H2,1-2H3. The van der Waals surface area contributed by atoms with E-state index in [-0.39, 0.29) is 5.92 Å². The van der Waals surface area contributed by atoms with Crippen molar-refractivity contribution in [3.8, 4) is 44.8 Å². The van der Waals surface area contributed by atoms with Crippen molar-refractivity contribution in [3.05, 3.63) is 217 Å². The number of benzene rings is 9. The fraction of sp³-hybridized carbons (Fsp3) is 0.0690. The second-order valence-electron chi connectivity index (χ2n) is 17.3. The number of nitrogens with two attached hydrogens (primary N) is 2. The van der Waals surface area contributed by atoms with Gasteiger partial charge < -0.3 is 20.6 Å². The number of anilines is 2. The largest absolute Gasteiger partial charge is 0.398 e. The van der Waals surface area contributed by atoms with Crippen LogP contribution in [0.4, 0.5) is 11.4 Å². The minimum absolute atomic E-state index is 0.0123. The predicted molar refractivity (Wildman–Crippen MR) is 262 cm³/mol. The number of nitrogens with zero attached hydrogens (tertiary/aromatic N) is 2. The van der Waals surface area contributed by atoms with Gasteiger partial charge in [0, 0.05) is 66.5 Å². The van der Waals surface area contributed by atoms with Crippen molar-refractivity contribution >= 4 is 55.0 Å². The zero-order valence-corrected chi connectivity index (χ0v) is 34.7. The fourth-order valence-electron chi connectivity index (χ4n) is 11.1. The smallest absolute Gasteiger partial charge is 0.0565 e. The van der Waals surface area contributed by atoms with Gasteiger partial charge in [0.25, 0.3) is 0 Å². The maximum Gasteiger partial charge on any atom is 0.0565 e. The van der Waals surface area contributed by atoms with Gasteiger partial charge in [-0.15, -0.1) is 0 Å². The highest BCUT2D eigenvalue weighted by Gasteiger charge is 2.44. The number of hydrogen-bond donors (Lipinski definition) is 2. The Balaban J connectivity index is 1.37. The molecule has 0 saturated heterocycles. The highest BCUT2D eigenvalue weighted by atomic mass is 15.0. The van der Waals surface area contributed by atoms with Gasteiger partial charge in [-0.1, -0.05) is 172 Å². The van der Waals surface area contributed by atoms with E-state index in [1.54, 1.807) is 0 Å². The Hall–Kier alpha value is -7.82. The van der Waals surface area contributed by atoms with Gasteiger partial charge in [-0.3, -0.25) is 0 Å². The molecule has 9 aromatic carbocycles. The highest BCUT2D eigenvalue weighted by molar-refractivity contribution is 6.13. The van der Waals surface area contributed by atoms with E-state index in [0.717, 1.165) is 67.1 Å². The van der Waals surface area contributed by atoms with E-state index < -0.39 is 5.41 Å². The molecule has 0 aliphatic heterocycles. The molecule has 0 fully saturated rings. The maximum atomic E-state index is 7.28. The van der Waals surface area contributed by atoms with Crippen LogP contribution in [0.1, 0.15) is 36.5 Å². The van der Waals surface area contributed by atoms with Crippen molar-refractivity contribution in [2.45, 2.75) is 25.2 Å². The Bertz CT molecular complexity index is 3270. The van der Waals surface area contributed by atoms with E-state index in [9.17, 15) is 0 Å². The molecule has 2 aromatic heterocycles. The van der Waals surface area contributed by atoms with Gasteiger partial charge in [-0.2, -0.15) is 0 Å². The Morgan fingerprint density at radius 1 is 0.371 bits per heavy atom. The van der Waals surface area contributed by atoms with Crippen molar-refractivity contribution in [3.63, 3.8) is 0 Å². The number of aromatic nitrogens is 2. The van der Waals surface area contributed by atoms with Crippen molar-refractivity contribution in [2.75, 3.05) is 11.5 Å². The summed E-state index contributed by atoms with van der Waals surface area (Å²) in [6.07, 6.45) is 0. The number of fused-ring (bicyclic) bond motifs is 9. The molecular formula is C58H44N4. The predicted octanol–water partition coefficient (Wildman–Crippen LogP) is 14.5. The van der Waals surface area contributed by atoms with Gasteiger partial charge >= 0.3 is 0 Å². The maximum absolute atomic E-state index is 7.28. The minimum atomic E-state index is -0.569. The van der Waals surface area contributed by atoms with Crippen LogP contribution < -0.4 is 11.5 Å². The average molecular weight is 797 g/mol. The molecule has 62 heavy (non-hydrogen) atoms. The zero-order chi connectivity index (χ0) is 41.7. The Kier molecular flexibility index (Phi) is 7.91. The summed E-state index contributed by atoms with van der Waals surface area (Å²) in [5.41, 5.74) is 32.6. The molecule has 0 atom stereocenters. The molecule has 11 aromatic rings. The van der Waals surface area contributed by atoms with Crippen LogP contribution in [0.25, 0.3) is 88.4 Å². The molecule has 4 nitrogen and oxygen atoms in total. The molecule has 2 heterocycles. The van der Waals surface area contributed by atoms with Gasteiger partial charge in [0.1, 0.15) is 0 Å². The lowest BCUT2D eigenvalue weighted by Gasteiger charge is -2.39. The summed E-state index contributed by atoms with van der Waals surface area (Å²) in [5, 5.41) is 4.79. The molecule has 1 aliphatic rings. The lowest BCUT2D eigenvalue weighted by molar-refractivity contribution is 0.468. The fourth-order valence-corrected chi connectivity index (χ4v) is 11.1. The topological polar surface area (TPSA) is 61.9 Å². The first-order valence-corrected chi connectivity index (χ1v) is 21.5. The van der Waals surface area contributed by atoms with E-state index in [1.165, 1.54) is 49.4 Å². The van der Waals surface area contributed by atoms with Crippen LogP contribution in [0.2, 0.25) is 0 Å². The summed E-state index contributed by atoms with van der Waals surface area (Å²) in [7, 11) is 0. The molecule has 12 rings (SSSR count). The van der Waals surface area contributed by atoms with Gasteiger partial charge in [-0.05, 0) is 70.3 Å². The minimum Gasteiger partial charge on any atom is -0.398 e. The SMILES string of the molecule is CC(C)(c1c(-c2ccccc2N)c(-n2c3ccccc3c3ccccc32)cc(-n2c3ccccc3c3ccccc32)c1-c1ccccc1N)C1c2ccccc2-c2ccccc21. The quantitative estimate of drug-likeness (QED) is 0.165. The Labute approximate surface area is 360 Å². The lowest BCUT2D eigenvalue weighted by Crippen LogP contribution is -2.29. The van der Waals surface area contributed by atoms with Crippen LogP contribution in [0.15, 0.2) is 200 Å². The normalized spacial score (nSPS) is 12.7. The number of nitrogen functional groups attached to an aromatic ring is 2. The monoisotopic (exact) mass is 796 g/mol.